The lowest BCUT2D eigenvalue weighted by Gasteiger charge is -2.18. The molecule has 0 N–H and O–H groups in total. The van der Waals surface area contributed by atoms with E-state index in [1.165, 1.54) is 12.1 Å². The number of hydrogen-bond donors (Lipinski definition) is 0. The van der Waals surface area contributed by atoms with E-state index >= 15 is 0 Å². The van der Waals surface area contributed by atoms with E-state index < -0.39 is 0 Å². The zero-order chi connectivity index (χ0) is 20.5. The average Bonchev–Trinajstić information content (AvgIpc) is 2.77. The molecule has 0 saturated heterocycles. The lowest BCUT2D eigenvalue weighted by atomic mass is 9.95. The van der Waals surface area contributed by atoms with Gasteiger partial charge in [0, 0.05) is 6.54 Å². The van der Waals surface area contributed by atoms with E-state index in [0.717, 1.165) is 47.6 Å². The van der Waals surface area contributed by atoms with Crippen molar-refractivity contribution in [2.45, 2.75) is 13.8 Å². The first kappa shape index (κ1) is 20.8. The van der Waals surface area contributed by atoms with Crippen LogP contribution in [0.25, 0.3) is 11.6 Å². The highest BCUT2D eigenvalue weighted by molar-refractivity contribution is 5.91. The Morgan fingerprint density at radius 2 is 1.41 bits per heavy atom. The molecule has 0 heterocycles. The van der Waals surface area contributed by atoms with Gasteiger partial charge in [0.25, 0.3) is 0 Å². The van der Waals surface area contributed by atoms with Crippen molar-refractivity contribution in [3.8, 4) is 5.75 Å². The van der Waals surface area contributed by atoms with Crippen LogP contribution in [-0.2, 0) is 0 Å². The second kappa shape index (κ2) is 10.6. The summed E-state index contributed by atoms with van der Waals surface area (Å²) >= 11 is 0. The summed E-state index contributed by atoms with van der Waals surface area (Å²) in [4.78, 5) is 2.34. The molecule has 0 saturated carbocycles. The topological polar surface area (TPSA) is 12.5 Å². The quantitative estimate of drug-likeness (QED) is 0.408. The van der Waals surface area contributed by atoms with Gasteiger partial charge in [0.2, 0.25) is 0 Å². The van der Waals surface area contributed by atoms with Crippen molar-refractivity contribution in [1.29, 1.82) is 0 Å². The van der Waals surface area contributed by atoms with Crippen molar-refractivity contribution in [2.75, 3.05) is 26.2 Å². The minimum absolute atomic E-state index is 0.232. The third-order valence-electron chi connectivity index (χ3n) is 5.00. The molecule has 2 nitrogen and oxygen atoms in total. The number of hydrogen-bond acceptors (Lipinski definition) is 2. The summed E-state index contributed by atoms with van der Waals surface area (Å²) < 4.78 is 19.3. The van der Waals surface area contributed by atoms with Gasteiger partial charge in [-0.25, -0.2) is 4.39 Å². The summed E-state index contributed by atoms with van der Waals surface area (Å²) in [5, 5.41) is 0. The van der Waals surface area contributed by atoms with Gasteiger partial charge in [0.05, 0.1) is 0 Å². The summed E-state index contributed by atoms with van der Waals surface area (Å²) in [7, 11) is 0. The maximum Gasteiger partial charge on any atom is 0.123 e. The van der Waals surface area contributed by atoms with Gasteiger partial charge in [-0.2, -0.15) is 0 Å². The van der Waals surface area contributed by atoms with E-state index in [9.17, 15) is 4.39 Å². The number of halogens is 1. The Hall–Kier alpha value is -2.91. The van der Waals surface area contributed by atoms with E-state index in [4.69, 9.17) is 4.74 Å². The van der Waals surface area contributed by atoms with Crippen LogP contribution in [-0.4, -0.2) is 31.1 Å². The van der Waals surface area contributed by atoms with Crippen molar-refractivity contribution in [1.82, 2.24) is 4.90 Å². The van der Waals surface area contributed by atoms with Gasteiger partial charge in [-0.1, -0.05) is 68.4 Å². The van der Waals surface area contributed by atoms with Crippen LogP contribution in [0.3, 0.4) is 0 Å². The maximum absolute atomic E-state index is 13.4. The molecule has 29 heavy (non-hydrogen) atoms. The highest BCUT2D eigenvalue weighted by Crippen LogP contribution is 2.28. The third kappa shape index (κ3) is 6.03. The molecule has 0 unspecified atom stereocenters. The number of benzene rings is 3. The standard InChI is InChI=1S/C26H28FNO/c1-3-28(4-2)18-19-29-25-16-12-23(13-17-25)26(20-21-8-6-5-7-9-21)22-10-14-24(27)15-11-22/h5-17,20H,3-4,18-19H2,1-2H3/b26-20+. The molecule has 0 aromatic heterocycles. The number of likely N-dealkylation sites (N-methyl/N-ethyl adjacent to an activating group) is 1. The minimum atomic E-state index is -0.232. The molecule has 3 rings (SSSR count). The van der Waals surface area contributed by atoms with Gasteiger partial charge in [-0.05, 0) is 65.7 Å². The monoisotopic (exact) mass is 389 g/mol. The zero-order valence-corrected chi connectivity index (χ0v) is 17.1. The first-order valence-corrected chi connectivity index (χ1v) is 10.2. The molecule has 0 aliphatic rings. The third-order valence-corrected chi connectivity index (χ3v) is 5.00. The predicted octanol–water partition coefficient (Wildman–Crippen LogP) is 6.14. The lowest BCUT2D eigenvalue weighted by molar-refractivity contribution is 0.223. The first-order chi connectivity index (χ1) is 14.2. The molecule has 0 amide bonds. The fourth-order valence-electron chi connectivity index (χ4n) is 3.24. The zero-order valence-electron chi connectivity index (χ0n) is 17.1. The van der Waals surface area contributed by atoms with Gasteiger partial charge >= 0.3 is 0 Å². The molecule has 0 aliphatic carbocycles. The SMILES string of the molecule is CCN(CC)CCOc1ccc(/C(=C/c2ccccc2)c2ccc(F)cc2)cc1. The minimum Gasteiger partial charge on any atom is -0.492 e. The molecular formula is C26H28FNO. The van der Waals surface area contributed by atoms with Crippen molar-refractivity contribution in [3.63, 3.8) is 0 Å². The number of rotatable bonds is 9. The molecule has 0 fully saturated rings. The van der Waals surface area contributed by atoms with Crippen molar-refractivity contribution in [3.05, 3.63) is 101 Å². The van der Waals surface area contributed by atoms with Crippen LogP contribution >= 0.6 is 0 Å². The smallest absolute Gasteiger partial charge is 0.123 e. The largest absolute Gasteiger partial charge is 0.492 e. The van der Waals surface area contributed by atoms with Gasteiger partial charge in [0.1, 0.15) is 18.2 Å². The summed E-state index contributed by atoms with van der Waals surface area (Å²) in [6, 6.07) is 24.9. The van der Waals surface area contributed by atoms with E-state index in [1.54, 1.807) is 0 Å². The second-order valence-corrected chi connectivity index (χ2v) is 6.88. The summed E-state index contributed by atoms with van der Waals surface area (Å²) in [6.07, 6.45) is 2.13. The highest BCUT2D eigenvalue weighted by atomic mass is 19.1. The van der Waals surface area contributed by atoms with E-state index in [1.807, 2.05) is 42.5 Å². The second-order valence-electron chi connectivity index (χ2n) is 6.88. The van der Waals surface area contributed by atoms with Gasteiger partial charge < -0.3 is 9.64 Å². The molecule has 3 aromatic rings. The van der Waals surface area contributed by atoms with Crippen LogP contribution in [0, 0.1) is 5.82 Å². The van der Waals surface area contributed by atoms with Gasteiger partial charge in [0.15, 0.2) is 0 Å². The van der Waals surface area contributed by atoms with Crippen LogP contribution in [0.4, 0.5) is 4.39 Å². The van der Waals surface area contributed by atoms with Crippen molar-refractivity contribution < 1.29 is 9.13 Å². The van der Waals surface area contributed by atoms with E-state index in [2.05, 4.69) is 49.1 Å². The Balaban J connectivity index is 1.81. The Morgan fingerprint density at radius 1 is 0.828 bits per heavy atom. The van der Waals surface area contributed by atoms with Crippen molar-refractivity contribution >= 4 is 11.6 Å². The number of nitrogens with zero attached hydrogens (tertiary/aromatic N) is 1. The normalized spacial score (nSPS) is 11.7. The average molecular weight is 390 g/mol. The molecule has 0 atom stereocenters. The van der Waals surface area contributed by atoms with Crippen LogP contribution in [0.1, 0.15) is 30.5 Å². The van der Waals surface area contributed by atoms with Gasteiger partial charge in [-0.15, -0.1) is 0 Å². The maximum atomic E-state index is 13.4. The molecule has 0 bridgehead atoms. The van der Waals surface area contributed by atoms with Crippen LogP contribution in [0.5, 0.6) is 5.75 Å². The molecule has 150 valence electrons. The lowest BCUT2D eigenvalue weighted by Crippen LogP contribution is -2.27. The van der Waals surface area contributed by atoms with Crippen LogP contribution < -0.4 is 4.74 Å². The molecule has 3 heteroatoms. The Bertz CT molecular complexity index is 898. The van der Waals surface area contributed by atoms with Crippen molar-refractivity contribution in [2.24, 2.45) is 0 Å². The number of ether oxygens (including phenoxy) is 1. The summed E-state index contributed by atoms with van der Waals surface area (Å²) in [5.74, 6) is 0.629. The Labute approximate surface area is 173 Å². The van der Waals surface area contributed by atoms with E-state index in [-0.39, 0.29) is 5.82 Å². The fraction of sp³-hybridized carbons (Fsp3) is 0.231. The molecule has 0 aliphatic heterocycles. The first-order valence-electron chi connectivity index (χ1n) is 10.2. The Kier molecular flexibility index (Phi) is 7.60. The molecule has 0 spiro atoms. The Morgan fingerprint density at radius 3 is 2.00 bits per heavy atom. The fourth-order valence-corrected chi connectivity index (χ4v) is 3.24. The summed E-state index contributed by atoms with van der Waals surface area (Å²) in [5.41, 5.74) is 4.19. The molecule has 0 radical (unpaired) electrons. The molecule has 3 aromatic carbocycles. The summed E-state index contributed by atoms with van der Waals surface area (Å²) in [6.45, 7) is 7.98. The van der Waals surface area contributed by atoms with Crippen LogP contribution in [0.15, 0.2) is 78.9 Å². The van der Waals surface area contributed by atoms with Crippen LogP contribution in [0.2, 0.25) is 0 Å². The highest BCUT2D eigenvalue weighted by Gasteiger charge is 2.07. The molecular weight excluding hydrogens is 361 g/mol. The van der Waals surface area contributed by atoms with Gasteiger partial charge in [-0.3, -0.25) is 0 Å². The predicted molar refractivity (Wildman–Crippen MR) is 120 cm³/mol. The van der Waals surface area contributed by atoms with E-state index in [0.29, 0.717) is 6.61 Å².